The lowest BCUT2D eigenvalue weighted by Crippen LogP contribution is -2.46. The Morgan fingerprint density at radius 3 is 2.69 bits per heavy atom. The van der Waals surface area contributed by atoms with Crippen LogP contribution in [0.15, 0.2) is 42.5 Å². The Hall–Kier alpha value is -3.06. The molecule has 0 spiro atoms. The predicted octanol–water partition coefficient (Wildman–Crippen LogP) is 3.20. The van der Waals surface area contributed by atoms with Crippen LogP contribution in [-0.4, -0.2) is 68.1 Å². The number of likely N-dealkylation sites (tertiary alicyclic amines) is 1. The van der Waals surface area contributed by atoms with E-state index in [1.54, 1.807) is 7.11 Å². The van der Waals surface area contributed by atoms with Crippen molar-refractivity contribution in [2.24, 2.45) is 0 Å². The van der Waals surface area contributed by atoms with E-state index in [0.717, 1.165) is 55.2 Å². The standard InChI is InChI=1S/C25H31N3O4/c1-27(14-15-32-22-5-3-4-21(17-22)31-2)20-10-12-28(13-11-20)25(30)19-6-8-23-18(16-19)7-9-24(29)26-23/h3-6,8,16-17,20H,7,9-15H2,1-2H3,(H,26,29). The van der Waals surface area contributed by atoms with Crippen LogP contribution in [0.25, 0.3) is 0 Å². The molecule has 2 aromatic rings. The van der Waals surface area contributed by atoms with E-state index in [1.165, 1.54) is 0 Å². The number of nitrogens with zero attached hydrogens (tertiary/aromatic N) is 2. The van der Waals surface area contributed by atoms with Gasteiger partial charge in [-0.05, 0) is 62.2 Å². The van der Waals surface area contributed by atoms with Crippen molar-refractivity contribution in [3.63, 3.8) is 0 Å². The van der Waals surface area contributed by atoms with Gasteiger partial charge in [-0.1, -0.05) is 6.07 Å². The second-order valence-electron chi connectivity index (χ2n) is 8.45. The Balaban J connectivity index is 1.24. The van der Waals surface area contributed by atoms with Crippen LogP contribution in [0.3, 0.4) is 0 Å². The van der Waals surface area contributed by atoms with E-state index >= 15 is 0 Å². The number of fused-ring (bicyclic) bond motifs is 1. The summed E-state index contributed by atoms with van der Waals surface area (Å²) in [7, 11) is 3.77. The lowest BCUT2D eigenvalue weighted by molar-refractivity contribution is -0.116. The Kier molecular flexibility index (Phi) is 6.95. The molecule has 1 fully saturated rings. The zero-order chi connectivity index (χ0) is 22.5. The number of aryl methyl sites for hydroxylation is 1. The van der Waals surface area contributed by atoms with Crippen LogP contribution in [0.5, 0.6) is 11.5 Å². The highest BCUT2D eigenvalue weighted by Crippen LogP contribution is 2.25. The molecule has 0 atom stereocenters. The fourth-order valence-electron chi connectivity index (χ4n) is 4.39. The summed E-state index contributed by atoms with van der Waals surface area (Å²) in [6, 6.07) is 13.7. The van der Waals surface area contributed by atoms with E-state index in [2.05, 4.69) is 17.3 Å². The molecular formula is C25H31N3O4. The molecule has 2 amide bonds. The number of likely N-dealkylation sites (N-methyl/N-ethyl adjacent to an activating group) is 1. The monoisotopic (exact) mass is 437 g/mol. The highest BCUT2D eigenvalue weighted by Gasteiger charge is 2.26. The first-order chi connectivity index (χ1) is 15.5. The minimum absolute atomic E-state index is 0.0386. The molecule has 32 heavy (non-hydrogen) atoms. The lowest BCUT2D eigenvalue weighted by atomic mass is 9.98. The van der Waals surface area contributed by atoms with Crippen molar-refractivity contribution in [2.75, 3.05) is 45.7 Å². The number of carbonyl (C=O) groups is 2. The molecule has 0 unspecified atom stereocenters. The Morgan fingerprint density at radius 2 is 1.91 bits per heavy atom. The summed E-state index contributed by atoms with van der Waals surface area (Å²) in [6.07, 6.45) is 3.06. The summed E-state index contributed by atoms with van der Waals surface area (Å²) in [6.45, 7) is 2.93. The molecule has 1 saturated heterocycles. The van der Waals surface area contributed by atoms with Gasteiger partial charge >= 0.3 is 0 Å². The topological polar surface area (TPSA) is 71.1 Å². The van der Waals surface area contributed by atoms with Gasteiger partial charge in [0.15, 0.2) is 0 Å². The summed E-state index contributed by atoms with van der Waals surface area (Å²) in [5.74, 6) is 1.71. The number of ether oxygens (including phenoxy) is 2. The number of anilines is 1. The van der Waals surface area contributed by atoms with E-state index in [-0.39, 0.29) is 11.8 Å². The third kappa shape index (κ3) is 5.22. The molecule has 7 nitrogen and oxygen atoms in total. The van der Waals surface area contributed by atoms with Crippen molar-refractivity contribution in [3.05, 3.63) is 53.6 Å². The van der Waals surface area contributed by atoms with Gasteiger partial charge in [0, 0.05) is 49.4 Å². The van der Waals surface area contributed by atoms with Gasteiger partial charge in [-0.3, -0.25) is 14.5 Å². The number of nitrogens with one attached hydrogen (secondary N) is 1. The van der Waals surface area contributed by atoms with Crippen molar-refractivity contribution in [1.82, 2.24) is 9.80 Å². The molecule has 170 valence electrons. The van der Waals surface area contributed by atoms with E-state index in [0.29, 0.717) is 31.1 Å². The molecule has 2 heterocycles. The number of amides is 2. The Morgan fingerprint density at radius 1 is 1.12 bits per heavy atom. The van der Waals surface area contributed by atoms with Gasteiger partial charge in [-0.2, -0.15) is 0 Å². The average molecular weight is 438 g/mol. The van der Waals surface area contributed by atoms with Crippen LogP contribution < -0.4 is 14.8 Å². The zero-order valence-electron chi connectivity index (χ0n) is 18.8. The van der Waals surface area contributed by atoms with Gasteiger partial charge in [0.1, 0.15) is 18.1 Å². The Bertz CT molecular complexity index is 969. The van der Waals surface area contributed by atoms with Crippen molar-refractivity contribution in [3.8, 4) is 11.5 Å². The van der Waals surface area contributed by atoms with E-state index in [9.17, 15) is 9.59 Å². The summed E-state index contributed by atoms with van der Waals surface area (Å²) in [4.78, 5) is 28.8. The minimum Gasteiger partial charge on any atom is -0.497 e. The number of hydrogen-bond donors (Lipinski definition) is 1. The number of carbonyl (C=O) groups excluding carboxylic acids is 2. The zero-order valence-corrected chi connectivity index (χ0v) is 18.8. The number of methoxy groups -OCH3 is 1. The highest BCUT2D eigenvalue weighted by atomic mass is 16.5. The van der Waals surface area contributed by atoms with Crippen LogP contribution >= 0.6 is 0 Å². The maximum Gasteiger partial charge on any atom is 0.253 e. The molecule has 1 N–H and O–H groups in total. The third-order valence-corrected chi connectivity index (χ3v) is 6.38. The van der Waals surface area contributed by atoms with E-state index in [4.69, 9.17) is 9.47 Å². The first kappa shape index (κ1) is 22.1. The fourth-order valence-corrected chi connectivity index (χ4v) is 4.39. The SMILES string of the molecule is COc1cccc(OCCN(C)C2CCN(C(=O)c3ccc4c(c3)CCC(=O)N4)CC2)c1. The lowest BCUT2D eigenvalue weighted by Gasteiger charge is -2.37. The first-order valence-electron chi connectivity index (χ1n) is 11.2. The smallest absolute Gasteiger partial charge is 0.253 e. The molecule has 0 aliphatic carbocycles. The van der Waals surface area contributed by atoms with Gasteiger partial charge in [-0.15, -0.1) is 0 Å². The van der Waals surface area contributed by atoms with Gasteiger partial charge in [-0.25, -0.2) is 0 Å². The van der Waals surface area contributed by atoms with E-state index < -0.39 is 0 Å². The molecule has 0 aromatic heterocycles. The fraction of sp³-hybridized carbons (Fsp3) is 0.440. The van der Waals surface area contributed by atoms with E-state index in [1.807, 2.05) is 47.4 Å². The number of benzene rings is 2. The van der Waals surface area contributed by atoms with Crippen molar-refractivity contribution in [2.45, 2.75) is 31.7 Å². The normalized spacial score (nSPS) is 16.5. The Labute approximate surface area is 189 Å². The second kappa shape index (κ2) is 10.0. The molecule has 0 radical (unpaired) electrons. The summed E-state index contributed by atoms with van der Waals surface area (Å²) in [5.41, 5.74) is 2.58. The van der Waals surface area contributed by atoms with Gasteiger partial charge in [0.25, 0.3) is 5.91 Å². The molecule has 4 rings (SSSR count). The summed E-state index contributed by atoms with van der Waals surface area (Å²) < 4.78 is 11.1. The molecule has 0 bridgehead atoms. The van der Waals surface area contributed by atoms with Crippen molar-refractivity contribution in [1.29, 1.82) is 0 Å². The molecular weight excluding hydrogens is 406 g/mol. The molecule has 7 heteroatoms. The summed E-state index contributed by atoms with van der Waals surface area (Å²) >= 11 is 0. The number of piperidine rings is 1. The quantitative estimate of drug-likeness (QED) is 0.720. The minimum atomic E-state index is 0.0386. The largest absolute Gasteiger partial charge is 0.497 e. The van der Waals surface area contributed by atoms with Crippen LogP contribution in [0.4, 0.5) is 5.69 Å². The average Bonchev–Trinajstić information content (AvgIpc) is 2.83. The molecule has 2 aliphatic rings. The first-order valence-corrected chi connectivity index (χ1v) is 11.2. The molecule has 2 aromatic carbocycles. The highest BCUT2D eigenvalue weighted by molar-refractivity contribution is 5.98. The number of rotatable bonds is 7. The van der Waals surface area contributed by atoms with Crippen LogP contribution in [0.2, 0.25) is 0 Å². The predicted molar refractivity (Wildman–Crippen MR) is 123 cm³/mol. The van der Waals surface area contributed by atoms with Crippen molar-refractivity contribution < 1.29 is 19.1 Å². The van der Waals surface area contributed by atoms with Crippen LogP contribution in [0, 0.1) is 0 Å². The van der Waals surface area contributed by atoms with Crippen LogP contribution in [0.1, 0.15) is 35.2 Å². The van der Waals surface area contributed by atoms with Gasteiger partial charge in [0.05, 0.1) is 7.11 Å². The maximum atomic E-state index is 13.0. The van der Waals surface area contributed by atoms with Crippen LogP contribution in [-0.2, 0) is 11.2 Å². The van der Waals surface area contributed by atoms with Crippen molar-refractivity contribution >= 4 is 17.5 Å². The third-order valence-electron chi connectivity index (χ3n) is 6.38. The summed E-state index contributed by atoms with van der Waals surface area (Å²) in [5, 5.41) is 2.87. The number of hydrogen-bond acceptors (Lipinski definition) is 5. The molecule has 2 aliphatic heterocycles. The van der Waals surface area contributed by atoms with Gasteiger partial charge < -0.3 is 19.7 Å². The molecule has 0 saturated carbocycles. The second-order valence-corrected chi connectivity index (χ2v) is 8.45. The van der Waals surface area contributed by atoms with Gasteiger partial charge in [0.2, 0.25) is 5.91 Å². The maximum absolute atomic E-state index is 13.0.